The van der Waals surface area contributed by atoms with E-state index in [0.717, 1.165) is 19.3 Å². The van der Waals surface area contributed by atoms with Crippen molar-refractivity contribution in [3.8, 4) is 0 Å². The fraction of sp³-hybridized carbons (Fsp3) is 0.765. The van der Waals surface area contributed by atoms with Gasteiger partial charge in [0.2, 0.25) is 23.5 Å². The van der Waals surface area contributed by atoms with E-state index in [4.69, 9.17) is 0 Å². The van der Waals surface area contributed by atoms with Gasteiger partial charge in [-0.3, -0.25) is 24.0 Å². The van der Waals surface area contributed by atoms with Gasteiger partial charge in [0.25, 0.3) is 5.91 Å². The average Bonchev–Trinajstić information content (AvgIpc) is 3.69. The summed E-state index contributed by atoms with van der Waals surface area (Å²) in [6.45, 7) is 14.6. The third-order valence-electron chi connectivity index (χ3n) is 9.25. The van der Waals surface area contributed by atoms with Crippen molar-refractivity contribution in [2.24, 2.45) is 17.3 Å². The summed E-state index contributed by atoms with van der Waals surface area (Å²) < 4.78 is 0. The molecule has 0 aromatic rings. The minimum absolute atomic E-state index is 0.0507. The Morgan fingerprint density at radius 1 is 0.978 bits per heavy atom. The summed E-state index contributed by atoms with van der Waals surface area (Å²) in [7, 11) is 0. The monoisotopic (exact) mass is 644 g/mol. The first kappa shape index (κ1) is 37.0. The first-order valence-corrected chi connectivity index (χ1v) is 17.1. The number of urea groups is 1. The van der Waals surface area contributed by atoms with Crippen LogP contribution in [0.3, 0.4) is 0 Å². The predicted molar refractivity (Wildman–Crippen MR) is 175 cm³/mol. The predicted octanol–water partition coefficient (Wildman–Crippen LogP) is 2.66. The summed E-state index contributed by atoms with van der Waals surface area (Å²) in [6.07, 6.45) is 9.13. The van der Waals surface area contributed by atoms with Gasteiger partial charge in [-0.2, -0.15) is 0 Å². The number of Topliss-reactive ketones (excluding diaryl/α,β-unsaturated/α-hetero) is 1. The van der Waals surface area contributed by atoms with Crippen molar-refractivity contribution in [2.75, 3.05) is 26.2 Å². The van der Waals surface area contributed by atoms with Crippen LogP contribution in [0.2, 0.25) is 0 Å². The van der Waals surface area contributed by atoms with Crippen LogP contribution in [0.25, 0.3) is 0 Å². The molecule has 6 amide bonds. The molecule has 0 bridgehead atoms. The summed E-state index contributed by atoms with van der Waals surface area (Å²) in [6, 6.07) is -3.57. The number of piperidine rings is 1. The highest BCUT2D eigenvalue weighted by Gasteiger charge is 2.43. The van der Waals surface area contributed by atoms with E-state index in [9.17, 15) is 28.8 Å². The van der Waals surface area contributed by atoms with Crippen LogP contribution in [0.5, 0.6) is 0 Å². The third-order valence-corrected chi connectivity index (χ3v) is 9.25. The number of nitrogens with one attached hydrogen (secondary N) is 4. The molecule has 0 spiro atoms. The molecule has 2 saturated heterocycles. The van der Waals surface area contributed by atoms with E-state index in [1.54, 1.807) is 4.90 Å². The second-order valence-corrected chi connectivity index (χ2v) is 14.6. The molecular formula is C34H56N6O6. The lowest BCUT2D eigenvalue weighted by molar-refractivity contribution is -0.143. The standard InChI is InChI=1S/C34H56N6O6/c1-7-18-35-31(44)28(42)24(13-10-12-23-16-17-23)36-30(43)26-14-11-20-40(26)32(45)29(34(4,5)6)38-33(46)37-25(22(2)3)21-39-19-9-8-15-27(39)41/h7,22-26,29H,1,8-21H2,2-6H3,(H,35,44)(H,36,43)(H2,37,38,46)/t24?,25-,26+,29-/m1/s1. The fourth-order valence-corrected chi connectivity index (χ4v) is 6.14. The van der Waals surface area contributed by atoms with Crippen molar-refractivity contribution in [2.45, 2.75) is 123 Å². The first-order valence-electron chi connectivity index (χ1n) is 17.1. The molecule has 2 heterocycles. The van der Waals surface area contributed by atoms with Crippen molar-refractivity contribution in [1.82, 2.24) is 31.1 Å². The Bertz CT molecular complexity index is 1130. The highest BCUT2D eigenvalue weighted by Crippen LogP contribution is 2.34. The van der Waals surface area contributed by atoms with Crippen LogP contribution >= 0.6 is 0 Å². The number of amides is 6. The molecule has 3 rings (SSSR count). The maximum atomic E-state index is 14.0. The summed E-state index contributed by atoms with van der Waals surface area (Å²) in [5.74, 6) is -1.56. The molecule has 12 heteroatoms. The maximum Gasteiger partial charge on any atom is 0.315 e. The molecule has 1 aliphatic carbocycles. The summed E-state index contributed by atoms with van der Waals surface area (Å²) >= 11 is 0. The van der Waals surface area contributed by atoms with Crippen molar-refractivity contribution in [3.05, 3.63) is 12.7 Å². The van der Waals surface area contributed by atoms with E-state index in [-0.39, 0.29) is 30.3 Å². The van der Waals surface area contributed by atoms with Crippen LogP contribution in [0, 0.1) is 17.3 Å². The van der Waals surface area contributed by atoms with Gasteiger partial charge in [-0.15, -0.1) is 6.58 Å². The second-order valence-electron chi connectivity index (χ2n) is 14.6. The lowest BCUT2D eigenvalue weighted by atomic mass is 9.85. The van der Waals surface area contributed by atoms with E-state index in [1.165, 1.54) is 23.8 Å². The largest absolute Gasteiger partial charge is 0.346 e. The second kappa shape index (κ2) is 16.9. The summed E-state index contributed by atoms with van der Waals surface area (Å²) in [5, 5.41) is 11.2. The van der Waals surface area contributed by atoms with Gasteiger partial charge in [0.05, 0.1) is 12.1 Å². The van der Waals surface area contributed by atoms with Gasteiger partial charge in [-0.25, -0.2) is 4.79 Å². The molecule has 4 atom stereocenters. The quantitative estimate of drug-likeness (QED) is 0.150. The van der Waals surface area contributed by atoms with Crippen LogP contribution in [0.4, 0.5) is 4.79 Å². The third kappa shape index (κ3) is 10.8. The van der Waals surface area contributed by atoms with E-state index in [2.05, 4.69) is 27.8 Å². The smallest absolute Gasteiger partial charge is 0.315 e. The van der Waals surface area contributed by atoms with Crippen molar-refractivity contribution < 1.29 is 28.8 Å². The summed E-state index contributed by atoms with van der Waals surface area (Å²) in [4.78, 5) is 82.2. The van der Waals surface area contributed by atoms with Crippen LogP contribution in [-0.4, -0.2) is 95.6 Å². The average molecular weight is 645 g/mol. The van der Waals surface area contributed by atoms with Crippen molar-refractivity contribution in [1.29, 1.82) is 0 Å². The normalized spacial score (nSPS) is 20.5. The number of ketones is 1. The van der Waals surface area contributed by atoms with Crippen molar-refractivity contribution >= 4 is 35.4 Å². The van der Waals surface area contributed by atoms with Gasteiger partial charge >= 0.3 is 6.03 Å². The van der Waals surface area contributed by atoms with Gasteiger partial charge in [0, 0.05) is 32.6 Å². The highest BCUT2D eigenvalue weighted by molar-refractivity contribution is 6.38. The van der Waals surface area contributed by atoms with E-state index in [0.29, 0.717) is 57.7 Å². The van der Waals surface area contributed by atoms with Gasteiger partial charge in [0.15, 0.2) is 0 Å². The Morgan fingerprint density at radius 3 is 2.30 bits per heavy atom. The van der Waals surface area contributed by atoms with E-state index >= 15 is 0 Å². The van der Waals surface area contributed by atoms with Crippen LogP contribution < -0.4 is 21.3 Å². The number of carbonyl (C=O) groups excluding carboxylic acids is 6. The molecule has 4 N–H and O–H groups in total. The molecule has 3 fully saturated rings. The van der Waals surface area contributed by atoms with Crippen LogP contribution in [0.15, 0.2) is 12.7 Å². The Hall–Kier alpha value is -3.44. The van der Waals surface area contributed by atoms with Gasteiger partial charge < -0.3 is 31.1 Å². The Balaban J connectivity index is 1.68. The Morgan fingerprint density at radius 2 is 1.70 bits per heavy atom. The van der Waals surface area contributed by atoms with Crippen LogP contribution in [-0.2, 0) is 24.0 Å². The molecule has 0 aromatic heterocycles. The SMILES string of the molecule is C=CCNC(=O)C(=O)C(CCCC1CC1)NC(=O)[C@@H]1CCCN1C(=O)[C@@H](NC(=O)N[C@H](CN1CCCCC1=O)C(C)C)C(C)(C)C. The lowest BCUT2D eigenvalue weighted by Crippen LogP contribution is -2.61. The van der Waals surface area contributed by atoms with Crippen molar-refractivity contribution in [3.63, 3.8) is 0 Å². The fourth-order valence-electron chi connectivity index (χ4n) is 6.14. The molecule has 12 nitrogen and oxygen atoms in total. The number of rotatable bonds is 16. The minimum Gasteiger partial charge on any atom is -0.346 e. The number of nitrogens with zero attached hydrogens (tertiary/aromatic N) is 2. The summed E-state index contributed by atoms with van der Waals surface area (Å²) in [5.41, 5.74) is -0.682. The molecule has 46 heavy (non-hydrogen) atoms. The number of hydrogen-bond donors (Lipinski definition) is 4. The highest BCUT2D eigenvalue weighted by atomic mass is 16.2. The minimum atomic E-state index is -0.990. The molecule has 0 aromatic carbocycles. The van der Waals surface area contributed by atoms with Gasteiger partial charge in [0.1, 0.15) is 12.1 Å². The number of likely N-dealkylation sites (tertiary alicyclic amines) is 2. The number of hydrogen-bond acceptors (Lipinski definition) is 6. The zero-order chi connectivity index (χ0) is 34.0. The molecule has 258 valence electrons. The first-order chi connectivity index (χ1) is 21.7. The molecule has 3 aliphatic rings. The Labute approximate surface area is 274 Å². The van der Waals surface area contributed by atoms with Gasteiger partial charge in [-0.1, -0.05) is 66.4 Å². The Kier molecular flexibility index (Phi) is 13.6. The number of carbonyl (C=O) groups is 6. The van der Waals surface area contributed by atoms with Crippen LogP contribution in [0.1, 0.15) is 98.8 Å². The lowest BCUT2D eigenvalue weighted by Gasteiger charge is -2.37. The topological polar surface area (TPSA) is 157 Å². The molecular weight excluding hydrogens is 588 g/mol. The molecule has 2 aliphatic heterocycles. The molecule has 0 radical (unpaired) electrons. The van der Waals surface area contributed by atoms with Gasteiger partial charge in [-0.05, 0) is 49.4 Å². The zero-order valence-corrected chi connectivity index (χ0v) is 28.5. The zero-order valence-electron chi connectivity index (χ0n) is 28.5. The van der Waals surface area contributed by atoms with E-state index in [1.807, 2.05) is 34.6 Å². The maximum absolute atomic E-state index is 14.0. The molecule has 1 saturated carbocycles. The molecule has 1 unspecified atom stereocenters. The van der Waals surface area contributed by atoms with E-state index < -0.39 is 47.2 Å².